The van der Waals surface area contributed by atoms with Crippen LogP contribution in [0.25, 0.3) is 6.08 Å². The lowest BCUT2D eigenvalue weighted by molar-refractivity contribution is -0.111. The second-order valence-corrected chi connectivity index (χ2v) is 6.50. The SMILES string of the molecule is CN1CCN(c2ccc(Cl)cc2NC(=O)/C=C/c2cccnc2)CC1. The van der Waals surface area contributed by atoms with Crippen molar-refractivity contribution in [3.63, 3.8) is 0 Å². The number of hydrogen-bond donors (Lipinski definition) is 1. The Hall–Kier alpha value is -2.37. The number of anilines is 2. The van der Waals surface area contributed by atoms with Gasteiger partial charge in [0.2, 0.25) is 5.91 Å². The van der Waals surface area contributed by atoms with Gasteiger partial charge in [-0.3, -0.25) is 9.78 Å². The number of amides is 1. The van der Waals surface area contributed by atoms with Crippen LogP contribution in [0.1, 0.15) is 5.56 Å². The van der Waals surface area contributed by atoms with Crippen molar-refractivity contribution in [3.05, 3.63) is 59.4 Å². The van der Waals surface area contributed by atoms with Crippen molar-refractivity contribution in [1.29, 1.82) is 0 Å². The normalized spacial score (nSPS) is 15.5. The number of carbonyl (C=O) groups excluding carboxylic acids is 1. The monoisotopic (exact) mass is 356 g/mol. The summed E-state index contributed by atoms with van der Waals surface area (Å²) in [6, 6.07) is 9.35. The van der Waals surface area contributed by atoms with Gasteiger partial charge in [-0.1, -0.05) is 17.7 Å². The van der Waals surface area contributed by atoms with E-state index in [1.165, 1.54) is 6.08 Å². The Morgan fingerprint density at radius 1 is 1.24 bits per heavy atom. The molecule has 1 amide bonds. The Labute approximate surface area is 152 Å². The number of rotatable bonds is 4. The summed E-state index contributed by atoms with van der Waals surface area (Å²) >= 11 is 6.13. The molecule has 0 bridgehead atoms. The molecule has 1 aliphatic heterocycles. The zero-order valence-corrected chi connectivity index (χ0v) is 14.9. The van der Waals surface area contributed by atoms with Crippen LogP contribution in [-0.2, 0) is 4.79 Å². The molecule has 3 rings (SSSR count). The molecule has 1 aromatic carbocycles. The van der Waals surface area contributed by atoms with E-state index in [1.807, 2.05) is 24.3 Å². The third kappa shape index (κ3) is 4.81. The molecule has 2 aromatic rings. The number of pyridine rings is 1. The number of hydrogen-bond acceptors (Lipinski definition) is 4. The van der Waals surface area contributed by atoms with Crippen molar-refractivity contribution in [1.82, 2.24) is 9.88 Å². The molecule has 1 saturated heterocycles. The first-order chi connectivity index (χ1) is 12.1. The van der Waals surface area contributed by atoms with Crippen molar-refractivity contribution in [3.8, 4) is 0 Å². The second kappa shape index (κ2) is 8.14. The number of piperazine rings is 1. The van der Waals surface area contributed by atoms with Gasteiger partial charge < -0.3 is 15.1 Å². The predicted molar refractivity (Wildman–Crippen MR) is 103 cm³/mol. The first-order valence-corrected chi connectivity index (χ1v) is 8.62. The number of likely N-dealkylation sites (N-methyl/N-ethyl adjacent to an activating group) is 1. The third-order valence-corrected chi connectivity index (χ3v) is 4.41. The summed E-state index contributed by atoms with van der Waals surface area (Å²) in [5, 5.41) is 3.55. The largest absolute Gasteiger partial charge is 0.367 e. The molecule has 2 heterocycles. The van der Waals surface area contributed by atoms with Gasteiger partial charge in [0.1, 0.15) is 0 Å². The Morgan fingerprint density at radius 3 is 2.76 bits per heavy atom. The molecule has 1 aliphatic rings. The van der Waals surface area contributed by atoms with E-state index in [1.54, 1.807) is 24.5 Å². The molecule has 0 radical (unpaired) electrons. The van der Waals surface area contributed by atoms with Crippen molar-refractivity contribution in [2.24, 2.45) is 0 Å². The number of aromatic nitrogens is 1. The highest BCUT2D eigenvalue weighted by atomic mass is 35.5. The van der Waals surface area contributed by atoms with Crippen molar-refractivity contribution < 1.29 is 4.79 Å². The Morgan fingerprint density at radius 2 is 2.04 bits per heavy atom. The molecule has 0 atom stereocenters. The van der Waals surface area contributed by atoms with Crippen LogP contribution in [-0.4, -0.2) is 49.0 Å². The van der Waals surface area contributed by atoms with Crippen LogP contribution in [0.4, 0.5) is 11.4 Å². The van der Waals surface area contributed by atoms with Gasteiger partial charge in [-0.2, -0.15) is 0 Å². The average Bonchev–Trinajstić information content (AvgIpc) is 2.62. The Kier molecular flexibility index (Phi) is 5.68. The van der Waals surface area contributed by atoms with Crippen molar-refractivity contribution in [2.75, 3.05) is 43.4 Å². The van der Waals surface area contributed by atoms with E-state index < -0.39 is 0 Å². The lowest BCUT2D eigenvalue weighted by Crippen LogP contribution is -2.44. The van der Waals surface area contributed by atoms with Gasteiger partial charge in [-0.15, -0.1) is 0 Å². The van der Waals surface area contributed by atoms with Gasteiger partial charge in [-0.25, -0.2) is 0 Å². The molecular formula is C19H21ClN4O. The van der Waals surface area contributed by atoms with E-state index in [4.69, 9.17) is 11.6 Å². The minimum absolute atomic E-state index is 0.193. The number of carbonyl (C=O) groups is 1. The van der Waals surface area contributed by atoms with E-state index in [0.717, 1.165) is 43.1 Å². The Balaban J connectivity index is 1.74. The van der Waals surface area contributed by atoms with E-state index >= 15 is 0 Å². The maximum atomic E-state index is 12.3. The van der Waals surface area contributed by atoms with Crippen LogP contribution >= 0.6 is 11.6 Å². The molecule has 130 valence electrons. The highest BCUT2D eigenvalue weighted by molar-refractivity contribution is 6.31. The molecule has 1 fully saturated rings. The standard InChI is InChI=1S/C19H21ClN4O/c1-23-9-11-24(12-10-23)18-6-5-16(20)13-17(18)22-19(25)7-4-15-3-2-8-21-14-15/h2-8,13-14H,9-12H2,1H3,(H,22,25)/b7-4+. The number of nitrogens with one attached hydrogen (secondary N) is 1. The van der Waals surface area contributed by atoms with Crippen LogP contribution in [0.2, 0.25) is 5.02 Å². The van der Waals surface area contributed by atoms with Crippen molar-refractivity contribution in [2.45, 2.75) is 0 Å². The molecule has 0 spiro atoms. The summed E-state index contributed by atoms with van der Waals surface area (Å²) in [7, 11) is 2.12. The molecule has 6 heteroatoms. The van der Waals surface area contributed by atoms with Gasteiger partial charge >= 0.3 is 0 Å². The van der Waals surface area contributed by atoms with Gasteiger partial charge in [-0.05, 0) is 43.0 Å². The number of nitrogens with zero attached hydrogens (tertiary/aromatic N) is 3. The summed E-state index contributed by atoms with van der Waals surface area (Å²) in [5.41, 5.74) is 2.61. The zero-order chi connectivity index (χ0) is 17.6. The molecule has 25 heavy (non-hydrogen) atoms. The fourth-order valence-corrected chi connectivity index (χ4v) is 2.92. The molecule has 1 aromatic heterocycles. The van der Waals surface area contributed by atoms with E-state index in [0.29, 0.717) is 5.02 Å². The average molecular weight is 357 g/mol. The van der Waals surface area contributed by atoms with Crippen LogP contribution in [0, 0.1) is 0 Å². The summed E-state index contributed by atoms with van der Waals surface area (Å²) in [5.74, 6) is -0.193. The summed E-state index contributed by atoms with van der Waals surface area (Å²) in [4.78, 5) is 20.9. The van der Waals surface area contributed by atoms with E-state index in [9.17, 15) is 4.79 Å². The predicted octanol–water partition coefficient (Wildman–Crippen LogP) is 3.14. The van der Waals surface area contributed by atoms with Crippen LogP contribution in [0.15, 0.2) is 48.8 Å². The highest BCUT2D eigenvalue weighted by Crippen LogP contribution is 2.30. The molecule has 5 nitrogen and oxygen atoms in total. The quantitative estimate of drug-likeness (QED) is 0.855. The summed E-state index contributed by atoms with van der Waals surface area (Å²) in [6.07, 6.45) is 6.65. The fourth-order valence-electron chi connectivity index (χ4n) is 2.75. The lowest BCUT2D eigenvalue weighted by atomic mass is 10.2. The van der Waals surface area contributed by atoms with Gasteiger partial charge in [0.05, 0.1) is 11.4 Å². The van der Waals surface area contributed by atoms with Crippen LogP contribution in [0.3, 0.4) is 0 Å². The second-order valence-electron chi connectivity index (χ2n) is 6.06. The lowest BCUT2D eigenvalue weighted by Gasteiger charge is -2.35. The molecule has 0 saturated carbocycles. The maximum Gasteiger partial charge on any atom is 0.248 e. The van der Waals surface area contributed by atoms with E-state index in [-0.39, 0.29) is 5.91 Å². The molecular weight excluding hydrogens is 336 g/mol. The van der Waals surface area contributed by atoms with E-state index in [2.05, 4.69) is 27.1 Å². The fraction of sp³-hybridized carbons (Fsp3) is 0.263. The first-order valence-electron chi connectivity index (χ1n) is 8.24. The topological polar surface area (TPSA) is 48.5 Å². The summed E-state index contributed by atoms with van der Waals surface area (Å²) < 4.78 is 0. The van der Waals surface area contributed by atoms with Crippen LogP contribution in [0.5, 0.6) is 0 Å². The molecule has 0 aliphatic carbocycles. The third-order valence-electron chi connectivity index (χ3n) is 4.17. The van der Waals surface area contributed by atoms with Gasteiger partial charge in [0.15, 0.2) is 0 Å². The number of halogens is 1. The van der Waals surface area contributed by atoms with Gasteiger partial charge in [0, 0.05) is 49.7 Å². The number of benzene rings is 1. The highest BCUT2D eigenvalue weighted by Gasteiger charge is 2.17. The summed E-state index contributed by atoms with van der Waals surface area (Å²) in [6.45, 7) is 3.84. The van der Waals surface area contributed by atoms with Crippen LogP contribution < -0.4 is 10.2 Å². The Bertz CT molecular complexity index is 755. The molecule has 0 unspecified atom stereocenters. The first kappa shape index (κ1) is 17.5. The minimum Gasteiger partial charge on any atom is -0.367 e. The smallest absolute Gasteiger partial charge is 0.248 e. The molecule has 1 N–H and O–H groups in total. The van der Waals surface area contributed by atoms with Crippen molar-refractivity contribution >= 4 is 35.0 Å². The zero-order valence-electron chi connectivity index (χ0n) is 14.2. The maximum absolute atomic E-state index is 12.3. The minimum atomic E-state index is -0.193. The van der Waals surface area contributed by atoms with Gasteiger partial charge in [0.25, 0.3) is 0 Å².